The van der Waals surface area contributed by atoms with Gasteiger partial charge in [-0.3, -0.25) is 0 Å². The van der Waals surface area contributed by atoms with Crippen LogP contribution in [-0.4, -0.2) is 34.3 Å². The average Bonchev–Trinajstić information content (AvgIpc) is 2.47. The lowest BCUT2D eigenvalue weighted by Gasteiger charge is -2.06. The van der Waals surface area contributed by atoms with Gasteiger partial charge in [-0.2, -0.15) is 4.98 Å². The minimum absolute atomic E-state index is 0.203. The van der Waals surface area contributed by atoms with Crippen LogP contribution in [0.1, 0.15) is 11.1 Å². The standard InChI is InChI=1S/C15H17FN4OS/c1-11-4-6-12(7-5-11)9-22-20-8-13(16)14(18-15(20)21)17-10-19(2)3/h4-8,10H,9H2,1-3H3. The molecule has 0 amide bonds. The summed E-state index contributed by atoms with van der Waals surface area (Å²) in [7, 11) is 3.50. The summed E-state index contributed by atoms with van der Waals surface area (Å²) in [6.07, 6.45) is 2.52. The van der Waals surface area contributed by atoms with Crippen molar-refractivity contribution in [2.75, 3.05) is 14.1 Å². The molecule has 2 aromatic rings. The Labute approximate surface area is 132 Å². The van der Waals surface area contributed by atoms with Gasteiger partial charge in [0.2, 0.25) is 0 Å². The van der Waals surface area contributed by atoms with E-state index in [0.29, 0.717) is 5.75 Å². The van der Waals surface area contributed by atoms with Crippen LogP contribution in [0.5, 0.6) is 0 Å². The predicted octanol–water partition coefficient (Wildman–Crippen LogP) is 2.61. The normalized spacial score (nSPS) is 11.1. The first-order valence-corrected chi connectivity index (χ1v) is 7.58. The molecule has 0 aliphatic heterocycles. The van der Waals surface area contributed by atoms with Gasteiger partial charge < -0.3 is 4.90 Å². The van der Waals surface area contributed by atoms with E-state index in [-0.39, 0.29) is 5.82 Å². The molecule has 0 spiro atoms. The van der Waals surface area contributed by atoms with E-state index in [1.165, 1.54) is 27.8 Å². The average molecular weight is 320 g/mol. The van der Waals surface area contributed by atoms with E-state index in [1.807, 2.05) is 31.2 Å². The first-order chi connectivity index (χ1) is 10.5. The first kappa shape index (κ1) is 16.2. The third kappa shape index (κ3) is 4.42. The Morgan fingerprint density at radius 2 is 2.05 bits per heavy atom. The quantitative estimate of drug-likeness (QED) is 0.628. The summed E-state index contributed by atoms with van der Waals surface area (Å²) in [5.41, 5.74) is 1.68. The Kier molecular flexibility index (Phi) is 5.32. The van der Waals surface area contributed by atoms with Crippen LogP contribution in [0.4, 0.5) is 10.2 Å². The molecule has 116 valence electrons. The number of halogens is 1. The molecule has 7 heteroatoms. The van der Waals surface area contributed by atoms with Crippen molar-refractivity contribution in [1.82, 2.24) is 13.9 Å². The molecule has 5 nitrogen and oxygen atoms in total. The van der Waals surface area contributed by atoms with Gasteiger partial charge in [0, 0.05) is 19.8 Å². The van der Waals surface area contributed by atoms with Gasteiger partial charge in [-0.05, 0) is 24.4 Å². The maximum atomic E-state index is 13.9. The number of aliphatic imine (C=N–C) groups is 1. The van der Waals surface area contributed by atoms with Crippen LogP contribution in [-0.2, 0) is 5.75 Å². The van der Waals surface area contributed by atoms with Gasteiger partial charge in [-0.1, -0.05) is 29.8 Å². The van der Waals surface area contributed by atoms with Crippen LogP contribution in [0, 0.1) is 12.7 Å². The molecule has 2 rings (SSSR count). The zero-order valence-electron chi connectivity index (χ0n) is 12.7. The zero-order valence-corrected chi connectivity index (χ0v) is 13.5. The van der Waals surface area contributed by atoms with Crippen molar-refractivity contribution in [2.24, 2.45) is 4.99 Å². The monoisotopic (exact) mass is 320 g/mol. The van der Waals surface area contributed by atoms with Gasteiger partial charge in [-0.25, -0.2) is 18.1 Å². The maximum absolute atomic E-state index is 13.9. The largest absolute Gasteiger partial charge is 0.369 e. The third-order valence-electron chi connectivity index (χ3n) is 2.74. The summed E-state index contributed by atoms with van der Waals surface area (Å²) in [6.45, 7) is 2.01. The maximum Gasteiger partial charge on any atom is 0.359 e. The van der Waals surface area contributed by atoms with Crippen LogP contribution in [0.15, 0.2) is 40.2 Å². The van der Waals surface area contributed by atoms with Crippen molar-refractivity contribution in [3.8, 4) is 0 Å². The number of aryl methyl sites for hydroxylation is 1. The summed E-state index contributed by atoms with van der Waals surface area (Å²) in [5, 5.41) is 0. The van der Waals surface area contributed by atoms with E-state index < -0.39 is 11.5 Å². The minimum Gasteiger partial charge on any atom is -0.369 e. The summed E-state index contributed by atoms with van der Waals surface area (Å²) < 4.78 is 15.1. The van der Waals surface area contributed by atoms with E-state index in [0.717, 1.165) is 11.8 Å². The molecule has 0 radical (unpaired) electrons. The molecule has 1 aromatic heterocycles. The molecule has 0 N–H and O–H groups in total. The summed E-state index contributed by atoms with van der Waals surface area (Å²) in [4.78, 5) is 21.0. The molecule has 0 bridgehead atoms. The fourth-order valence-electron chi connectivity index (χ4n) is 1.59. The van der Waals surface area contributed by atoms with Crippen LogP contribution in [0.2, 0.25) is 0 Å². The number of aromatic nitrogens is 2. The lowest BCUT2D eigenvalue weighted by Crippen LogP contribution is -2.19. The van der Waals surface area contributed by atoms with Gasteiger partial charge in [0.25, 0.3) is 0 Å². The van der Waals surface area contributed by atoms with Gasteiger partial charge in [0.05, 0.1) is 12.5 Å². The lowest BCUT2D eigenvalue weighted by molar-refractivity contribution is 0.607. The van der Waals surface area contributed by atoms with Gasteiger partial charge in [-0.15, -0.1) is 0 Å². The van der Waals surface area contributed by atoms with Crippen LogP contribution in [0.25, 0.3) is 0 Å². The van der Waals surface area contributed by atoms with Crippen molar-refractivity contribution < 1.29 is 4.39 Å². The smallest absolute Gasteiger partial charge is 0.359 e. The highest BCUT2D eigenvalue weighted by Gasteiger charge is 2.08. The second-order valence-electron chi connectivity index (χ2n) is 4.99. The van der Waals surface area contributed by atoms with Crippen molar-refractivity contribution in [2.45, 2.75) is 12.7 Å². The Morgan fingerprint density at radius 1 is 1.36 bits per heavy atom. The predicted molar refractivity (Wildman–Crippen MR) is 88.2 cm³/mol. The summed E-state index contributed by atoms with van der Waals surface area (Å²) in [6, 6.07) is 7.95. The summed E-state index contributed by atoms with van der Waals surface area (Å²) in [5.74, 6) is -0.276. The van der Waals surface area contributed by atoms with E-state index in [9.17, 15) is 9.18 Å². The molecule has 0 aliphatic rings. The number of hydrogen-bond donors (Lipinski definition) is 0. The van der Waals surface area contributed by atoms with Crippen molar-refractivity contribution >= 4 is 24.1 Å². The topological polar surface area (TPSA) is 50.5 Å². The Morgan fingerprint density at radius 3 is 2.68 bits per heavy atom. The molecule has 22 heavy (non-hydrogen) atoms. The summed E-state index contributed by atoms with van der Waals surface area (Å²) >= 11 is 1.19. The second-order valence-corrected chi connectivity index (χ2v) is 5.93. The number of hydrogen-bond acceptors (Lipinski definition) is 4. The van der Waals surface area contributed by atoms with Gasteiger partial charge in [0.15, 0.2) is 11.6 Å². The van der Waals surface area contributed by atoms with Gasteiger partial charge >= 0.3 is 5.69 Å². The highest BCUT2D eigenvalue weighted by molar-refractivity contribution is 7.97. The SMILES string of the molecule is Cc1ccc(CSn2cc(F)c(N=CN(C)C)nc2=O)cc1. The van der Waals surface area contributed by atoms with Crippen LogP contribution < -0.4 is 5.69 Å². The molecule has 1 heterocycles. The Bertz CT molecular complexity index is 725. The molecule has 0 saturated carbocycles. The van der Waals surface area contributed by atoms with Crippen molar-refractivity contribution in [3.63, 3.8) is 0 Å². The third-order valence-corrected chi connectivity index (χ3v) is 3.74. The van der Waals surface area contributed by atoms with E-state index in [2.05, 4.69) is 9.98 Å². The zero-order chi connectivity index (χ0) is 16.1. The molecule has 0 saturated heterocycles. The molecule has 0 fully saturated rings. The number of rotatable bonds is 5. The number of benzene rings is 1. The Hall–Kier alpha value is -2.15. The molecule has 0 unspecified atom stereocenters. The van der Waals surface area contributed by atoms with E-state index >= 15 is 0 Å². The van der Waals surface area contributed by atoms with Crippen LogP contribution >= 0.6 is 11.9 Å². The molecule has 0 aliphatic carbocycles. The van der Waals surface area contributed by atoms with Crippen molar-refractivity contribution in [1.29, 1.82) is 0 Å². The second kappa shape index (κ2) is 7.22. The van der Waals surface area contributed by atoms with Crippen molar-refractivity contribution in [3.05, 3.63) is 57.9 Å². The molecular formula is C15H17FN4OS. The van der Waals surface area contributed by atoms with E-state index in [4.69, 9.17) is 0 Å². The first-order valence-electron chi connectivity index (χ1n) is 6.64. The van der Waals surface area contributed by atoms with E-state index in [1.54, 1.807) is 19.0 Å². The molecule has 0 atom stereocenters. The molecular weight excluding hydrogens is 303 g/mol. The minimum atomic E-state index is -0.630. The fraction of sp³-hybridized carbons (Fsp3) is 0.267. The highest BCUT2D eigenvalue weighted by atomic mass is 32.2. The number of nitrogens with zero attached hydrogens (tertiary/aromatic N) is 4. The van der Waals surface area contributed by atoms with Gasteiger partial charge in [0.1, 0.15) is 0 Å². The fourth-order valence-corrected chi connectivity index (χ4v) is 2.39. The van der Waals surface area contributed by atoms with Crippen LogP contribution in [0.3, 0.4) is 0 Å². The molecule has 1 aromatic carbocycles. The highest BCUT2D eigenvalue weighted by Crippen LogP contribution is 2.16. The lowest BCUT2D eigenvalue weighted by atomic mass is 10.2. The Balaban J connectivity index is 2.13.